The van der Waals surface area contributed by atoms with Gasteiger partial charge in [0.15, 0.2) is 12.0 Å². The van der Waals surface area contributed by atoms with E-state index < -0.39 is 0 Å². The molecule has 3 heteroatoms. The lowest BCUT2D eigenvalue weighted by Crippen LogP contribution is -1.89. The van der Waals surface area contributed by atoms with Crippen molar-refractivity contribution < 1.29 is 4.42 Å². The summed E-state index contributed by atoms with van der Waals surface area (Å²) in [5, 5.41) is 0. The summed E-state index contributed by atoms with van der Waals surface area (Å²) in [6, 6.07) is 0. The summed E-state index contributed by atoms with van der Waals surface area (Å²) in [4.78, 5) is 8.38. The van der Waals surface area contributed by atoms with Crippen molar-refractivity contribution in [2.75, 3.05) is 0 Å². The monoisotopic (exact) mass is 162 g/mol. The van der Waals surface area contributed by atoms with Crippen LogP contribution in [-0.4, -0.2) is 9.97 Å². The fraction of sp³-hybridized carbons (Fsp3) is 0.333. The highest BCUT2D eigenvalue weighted by Gasteiger charge is 2.06. The first-order chi connectivity index (χ1) is 5.83. The van der Waals surface area contributed by atoms with E-state index in [9.17, 15) is 0 Å². The van der Waals surface area contributed by atoms with E-state index in [1.807, 2.05) is 13.1 Å². The van der Waals surface area contributed by atoms with Crippen LogP contribution in [0.2, 0.25) is 0 Å². The molecular weight excluding hydrogens is 152 g/mol. The Morgan fingerprint density at radius 3 is 3.00 bits per heavy atom. The molecule has 2 aromatic heterocycles. The lowest BCUT2D eigenvalue weighted by molar-refractivity contribution is 0.596. The molecule has 0 aliphatic rings. The molecule has 0 N–H and O–H groups in total. The van der Waals surface area contributed by atoms with Crippen LogP contribution in [0.3, 0.4) is 0 Å². The van der Waals surface area contributed by atoms with Crippen LogP contribution in [0.15, 0.2) is 17.0 Å². The Balaban J connectivity index is 2.82. The molecule has 0 aromatic carbocycles. The second-order valence-corrected chi connectivity index (χ2v) is 2.77. The van der Waals surface area contributed by atoms with Crippen LogP contribution in [0, 0.1) is 6.92 Å². The Bertz CT molecular complexity index is 406. The molecule has 0 bridgehead atoms. The number of nitrogens with zero attached hydrogens (tertiary/aromatic N) is 2. The fourth-order valence-electron chi connectivity index (χ4n) is 1.28. The second-order valence-electron chi connectivity index (χ2n) is 2.77. The molecule has 12 heavy (non-hydrogen) atoms. The highest BCUT2D eigenvalue weighted by Crippen LogP contribution is 2.18. The molecule has 0 unspecified atom stereocenters. The predicted octanol–water partition coefficient (Wildman–Crippen LogP) is 2.09. The van der Waals surface area contributed by atoms with E-state index in [1.165, 1.54) is 6.39 Å². The Morgan fingerprint density at radius 1 is 1.42 bits per heavy atom. The lowest BCUT2D eigenvalue weighted by Gasteiger charge is -1.97. The van der Waals surface area contributed by atoms with Gasteiger partial charge in [0.25, 0.3) is 0 Å². The zero-order valence-corrected chi connectivity index (χ0v) is 7.16. The van der Waals surface area contributed by atoms with Crippen molar-refractivity contribution in [3.8, 4) is 0 Å². The molecule has 0 radical (unpaired) electrons. The number of fused-ring (bicyclic) bond motifs is 1. The van der Waals surface area contributed by atoms with E-state index >= 15 is 0 Å². The lowest BCUT2D eigenvalue weighted by atomic mass is 10.2. The van der Waals surface area contributed by atoms with Crippen LogP contribution in [0.25, 0.3) is 11.1 Å². The Hall–Kier alpha value is -1.38. The largest absolute Gasteiger partial charge is 0.442 e. The van der Waals surface area contributed by atoms with E-state index in [4.69, 9.17) is 4.42 Å². The molecule has 0 saturated heterocycles. The SMILES string of the molecule is CCc1ncc(C)c2ncoc12. The van der Waals surface area contributed by atoms with Gasteiger partial charge in [0, 0.05) is 6.20 Å². The minimum Gasteiger partial charge on any atom is -0.442 e. The van der Waals surface area contributed by atoms with Gasteiger partial charge >= 0.3 is 0 Å². The van der Waals surface area contributed by atoms with Crippen LogP contribution >= 0.6 is 0 Å². The van der Waals surface area contributed by atoms with Crippen molar-refractivity contribution in [1.29, 1.82) is 0 Å². The van der Waals surface area contributed by atoms with Gasteiger partial charge in [-0.3, -0.25) is 4.98 Å². The van der Waals surface area contributed by atoms with Crippen molar-refractivity contribution in [3.05, 3.63) is 23.8 Å². The molecule has 2 aromatic rings. The van der Waals surface area contributed by atoms with E-state index in [-0.39, 0.29) is 0 Å². The van der Waals surface area contributed by atoms with E-state index in [0.717, 1.165) is 28.8 Å². The summed E-state index contributed by atoms with van der Waals surface area (Å²) in [6.07, 6.45) is 4.19. The van der Waals surface area contributed by atoms with Crippen molar-refractivity contribution in [3.63, 3.8) is 0 Å². The van der Waals surface area contributed by atoms with Crippen LogP contribution in [0.1, 0.15) is 18.2 Å². The highest BCUT2D eigenvalue weighted by molar-refractivity contribution is 5.77. The number of hydrogen-bond acceptors (Lipinski definition) is 3. The number of oxazole rings is 1. The van der Waals surface area contributed by atoms with Gasteiger partial charge in [0.05, 0.1) is 5.69 Å². The molecule has 2 rings (SSSR count). The summed E-state index contributed by atoms with van der Waals surface area (Å²) in [5.74, 6) is 0. The average Bonchev–Trinajstić information content (AvgIpc) is 2.54. The first-order valence-corrected chi connectivity index (χ1v) is 4.00. The zero-order valence-electron chi connectivity index (χ0n) is 7.16. The first kappa shape index (κ1) is 7.28. The van der Waals surface area contributed by atoms with Gasteiger partial charge in [0.1, 0.15) is 5.52 Å². The summed E-state index contributed by atoms with van der Waals surface area (Å²) in [6.45, 7) is 4.04. The molecule has 2 heterocycles. The van der Waals surface area contributed by atoms with Gasteiger partial charge in [-0.15, -0.1) is 0 Å². The summed E-state index contributed by atoms with van der Waals surface area (Å²) in [7, 11) is 0. The maximum atomic E-state index is 5.25. The molecular formula is C9H10N2O. The van der Waals surface area contributed by atoms with Gasteiger partial charge in [-0.25, -0.2) is 4.98 Å². The normalized spacial score (nSPS) is 10.8. The fourth-order valence-corrected chi connectivity index (χ4v) is 1.28. The minimum atomic E-state index is 0.831. The second kappa shape index (κ2) is 2.59. The summed E-state index contributed by atoms with van der Waals surface area (Å²) < 4.78 is 5.25. The van der Waals surface area contributed by atoms with E-state index in [1.54, 1.807) is 0 Å². The molecule has 0 amide bonds. The number of aromatic nitrogens is 2. The Labute approximate surface area is 70.4 Å². The van der Waals surface area contributed by atoms with Crippen molar-refractivity contribution in [1.82, 2.24) is 9.97 Å². The molecule has 3 nitrogen and oxygen atoms in total. The molecule has 62 valence electrons. The van der Waals surface area contributed by atoms with Gasteiger partial charge in [-0.05, 0) is 18.9 Å². The smallest absolute Gasteiger partial charge is 0.182 e. The van der Waals surface area contributed by atoms with Gasteiger partial charge in [0.2, 0.25) is 0 Å². The quantitative estimate of drug-likeness (QED) is 0.644. The third-order valence-electron chi connectivity index (χ3n) is 1.95. The number of pyridine rings is 1. The third-order valence-corrected chi connectivity index (χ3v) is 1.95. The average molecular weight is 162 g/mol. The zero-order chi connectivity index (χ0) is 8.55. The van der Waals surface area contributed by atoms with Gasteiger partial charge in [-0.1, -0.05) is 6.92 Å². The molecule has 0 fully saturated rings. The molecule has 0 aliphatic carbocycles. The van der Waals surface area contributed by atoms with Gasteiger partial charge in [-0.2, -0.15) is 0 Å². The van der Waals surface area contributed by atoms with E-state index in [2.05, 4.69) is 16.9 Å². The van der Waals surface area contributed by atoms with Crippen molar-refractivity contribution in [2.45, 2.75) is 20.3 Å². The highest BCUT2D eigenvalue weighted by atomic mass is 16.3. The minimum absolute atomic E-state index is 0.831. The third kappa shape index (κ3) is 0.897. The Morgan fingerprint density at radius 2 is 2.25 bits per heavy atom. The van der Waals surface area contributed by atoms with Crippen LogP contribution in [0.5, 0.6) is 0 Å². The standard InChI is InChI=1S/C9H10N2O/c1-3-7-9-8(11-5-12-9)6(2)4-10-7/h4-5H,3H2,1-2H3. The number of aryl methyl sites for hydroxylation is 2. The molecule has 0 aliphatic heterocycles. The Kier molecular flexibility index (Phi) is 1.57. The number of rotatable bonds is 1. The number of hydrogen-bond donors (Lipinski definition) is 0. The van der Waals surface area contributed by atoms with Crippen LogP contribution in [-0.2, 0) is 6.42 Å². The summed E-state index contributed by atoms with van der Waals surface area (Å²) in [5.41, 5.74) is 3.81. The molecule has 0 atom stereocenters. The van der Waals surface area contributed by atoms with Crippen LogP contribution in [0.4, 0.5) is 0 Å². The van der Waals surface area contributed by atoms with E-state index in [0.29, 0.717) is 0 Å². The molecule has 0 spiro atoms. The molecule has 0 saturated carbocycles. The summed E-state index contributed by atoms with van der Waals surface area (Å²) >= 11 is 0. The predicted molar refractivity (Wildman–Crippen MR) is 45.9 cm³/mol. The van der Waals surface area contributed by atoms with Crippen molar-refractivity contribution in [2.24, 2.45) is 0 Å². The first-order valence-electron chi connectivity index (χ1n) is 4.00. The topological polar surface area (TPSA) is 38.9 Å². The van der Waals surface area contributed by atoms with Crippen LogP contribution < -0.4 is 0 Å². The maximum Gasteiger partial charge on any atom is 0.182 e. The van der Waals surface area contributed by atoms with Crippen molar-refractivity contribution >= 4 is 11.1 Å². The van der Waals surface area contributed by atoms with Gasteiger partial charge < -0.3 is 4.42 Å². The maximum absolute atomic E-state index is 5.25.